The Morgan fingerprint density at radius 1 is 1.53 bits per heavy atom. The lowest BCUT2D eigenvalue weighted by molar-refractivity contribution is -0.130. The molecule has 2 aromatic rings. The minimum atomic E-state index is -0.283. The molecular formula is C14H17N3O2. The number of hydrogen-bond donors (Lipinski definition) is 1. The molecule has 0 radical (unpaired) electrons. The molecule has 2 heterocycles. The van der Waals surface area contributed by atoms with Gasteiger partial charge in [0.1, 0.15) is 11.9 Å². The van der Waals surface area contributed by atoms with Gasteiger partial charge in [-0.05, 0) is 25.0 Å². The largest absolute Gasteiger partial charge is 0.368 e. The maximum Gasteiger partial charge on any atom is 0.249 e. The van der Waals surface area contributed by atoms with Crippen LogP contribution in [0.5, 0.6) is 0 Å². The SMILES string of the molecule is Cn1c(CNC(=O)C2CCCO2)nc2ccccc21. The van der Waals surface area contributed by atoms with Gasteiger partial charge in [0.2, 0.25) is 5.91 Å². The lowest BCUT2D eigenvalue weighted by Crippen LogP contribution is -2.34. The van der Waals surface area contributed by atoms with Gasteiger partial charge in [-0.25, -0.2) is 4.98 Å². The first-order valence-corrected chi connectivity index (χ1v) is 6.55. The van der Waals surface area contributed by atoms with Crippen molar-refractivity contribution in [1.29, 1.82) is 0 Å². The average Bonchev–Trinajstić information content (AvgIpc) is 3.05. The topological polar surface area (TPSA) is 56.2 Å². The fraction of sp³-hybridized carbons (Fsp3) is 0.429. The number of amides is 1. The number of fused-ring (bicyclic) bond motifs is 1. The van der Waals surface area contributed by atoms with Crippen molar-refractivity contribution < 1.29 is 9.53 Å². The molecule has 0 aliphatic carbocycles. The van der Waals surface area contributed by atoms with Crippen LogP contribution in [0.3, 0.4) is 0 Å². The van der Waals surface area contributed by atoms with E-state index in [1.165, 1.54) is 0 Å². The number of para-hydroxylation sites is 2. The van der Waals surface area contributed by atoms with Gasteiger partial charge >= 0.3 is 0 Å². The highest BCUT2D eigenvalue weighted by atomic mass is 16.5. The predicted molar refractivity (Wildman–Crippen MR) is 71.5 cm³/mol. The molecule has 1 N–H and O–H groups in total. The molecule has 1 aromatic carbocycles. The number of aryl methyl sites for hydroxylation is 1. The van der Waals surface area contributed by atoms with E-state index in [1.54, 1.807) is 0 Å². The third kappa shape index (κ3) is 2.33. The van der Waals surface area contributed by atoms with Gasteiger partial charge < -0.3 is 14.6 Å². The maximum absolute atomic E-state index is 11.9. The molecule has 1 saturated heterocycles. The number of ether oxygens (including phenoxy) is 1. The summed E-state index contributed by atoms with van der Waals surface area (Å²) < 4.78 is 7.36. The first-order valence-electron chi connectivity index (χ1n) is 6.55. The van der Waals surface area contributed by atoms with E-state index in [4.69, 9.17) is 4.74 Å². The number of rotatable bonds is 3. The minimum Gasteiger partial charge on any atom is -0.368 e. The molecule has 1 amide bonds. The summed E-state index contributed by atoms with van der Waals surface area (Å²) in [6, 6.07) is 7.94. The van der Waals surface area contributed by atoms with Gasteiger partial charge in [0.25, 0.3) is 0 Å². The van der Waals surface area contributed by atoms with Crippen LogP contribution in [-0.4, -0.2) is 28.2 Å². The number of nitrogens with one attached hydrogen (secondary N) is 1. The fourth-order valence-electron chi connectivity index (χ4n) is 2.42. The van der Waals surface area contributed by atoms with Crippen molar-refractivity contribution in [3.05, 3.63) is 30.1 Å². The summed E-state index contributed by atoms with van der Waals surface area (Å²) >= 11 is 0. The summed E-state index contributed by atoms with van der Waals surface area (Å²) in [5.74, 6) is 0.817. The van der Waals surface area contributed by atoms with E-state index in [0.29, 0.717) is 13.2 Å². The number of hydrogen-bond acceptors (Lipinski definition) is 3. The van der Waals surface area contributed by atoms with E-state index in [2.05, 4.69) is 10.3 Å². The number of carbonyl (C=O) groups is 1. The summed E-state index contributed by atoms with van der Waals surface area (Å²) in [6.45, 7) is 1.12. The second-order valence-corrected chi connectivity index (χ2v) is 4.80. The van der Waals surface area contributed by atoms with E-state index in [1.807, 2.05) is 35.9 Å². The van der Waals surface area contributed by atoms with Crippen molar-refractivity contribution in [3.8, 4) is 0 Å². The van der Waals surface area contributed by atoms with Gasteiger partial charge in [0.05, 0.1) is 17.6 Å². The quantitative estimate of drug-likeness (QED) is 0.905. The van der Waals surface area contributed by atoms with E-state index in [0.717, 1.165) is 29.7 Å². The average molecular weight is 259 g/mol. The summed E-state index contributed by atoms with van der Waals surface area (Å²) in [4.78, 5) is 16.4. The summed E-state index contributed by atoms with van der Waals surface area (Å²) in [7, 11) is 1.96. The Morgan fingerprint density at radius 2 is 2.37 bits per heavy atom. The molecular weight excluding hydrogens is 242 g/mol. The number of aromatic nitrogens is 2. The summed E-state index contributed by atoms with van der Waals surface area (Å²) in [6.07, 6.45) is 1.49. The van der Waals surface area contributed by atoms with Gasteiger partial charge in [-0.2, -0.15) is 0 Å². The van der Waals surface area contributed by atoms with Crippen LogP contribution >= 0.6 is 0 Å². The molecule has 0 saturated carbocycles. The number of nitrogens with zero attached hydrogens (tertiary/aromatic N) is 2. The Kier molecular flexibility index (Phi) is 3.21. The molecule has 100 valence electrons. The molecule has 5 nitrogen and oxygen atoms in total. The Bertz CT molecular complexity index is 600. The van der Waals surface area contributed by atoms with Crippen LogP contribution in [0.4, 0.5) is 0 Å². The van der Waals surface area contributed by atoms with Crippen LogP contribution in [0.1, 0.15) is 18.7 Å². The zero-order valence-corrected chi connectivity index (χ0v) is 10.9. The highest BCUT2D eigenvalue weighted by Crippen LogP contribution is 2.15. The normalized spacial score (nSPS) is 18.9. The number of imidazole rings is 1. The molecule has 1 fully saturated rings. The third-order valence-corrected chi connectivity index (χ3v) is 3.52. The van der Waals surface area contributed by atoms with Gasteiger partial charge in [-0.3, -0.25) is 4.79 Å². The molecule has 0 bridgehead atoms. The van der Waals surface area contributed by atoms with Crippen molar-refractivity contribution in [2.24, 2.45) is 7.05 Å². The Labute approximate surface area is 111 Å². The van der Waals surface area contributed by atoms with Crippen LogP contribution in [0, 0.1) is 0 Å². The Hall–Kier alpha value is -1.88. The number of benzene rings is 1. The Balaban J connectivity index is 1.71. The van der Waals surface area contributed by atoms with Crippen LogP contribution in [0.15, 0.2) is 24.3 Å². The van der Waals surface area contributed by atoms with Crippen molar-refractivity contribution in [2.75, 3.05) is 6.61 Å². The summed E-state index contributed by atoms with van der Waals surface area (Å²) in [5.41, 5.74) is 2.02. The van der Waals surface area contributed by atoms with Crippen molar-refractivity contribution in [3.63, 3.8) is 0 Å². The lowest BCUT2D eigenvalue weighted by atomic mass is 10.2. The van der Waals surface area contributed by atoms with Gasteiger partial charge in [-0.15, -0.1) is 0 Å². The molecule has 5 heteroatoms. The molecule has 3 rings (SSSR count). The molecule has 1 aliphatic heterocycles. The smallest absolute Gasteiger partial charge is 0.249 e. The first kappa shape index (κ1) is 12.2. The van der Waals surface area contributed by atoms with Crippen molar-refractivity contribution in [1.82, 2.24) is 14.9 Å². The molecule has 1 aromatic heterocycles. The fourth-order valence-corrected chi connectivity index (χ4v) is 2.42. The molecule has 0 spiro atoms. The van der Waals surface area contributed by atoms with Gasteiger partial charge in [0.15, 0.2) is 0 Å². The third-order valence-electron chi connectivity index (χ3n) is 3.52. The van der Waals surface area contributed by atoms with Crippen LogP contribution < -0.4 is 5.32 Å². The lowest BCUT2D eigenvalue weighted by Gasteiger charge is -2.10. The van der Waals surface area contributed by atoms with Crippen molar-refractivity contribution >= 4 is 16.9 Å². The highest BCUT2D eigenvalue weighted by Gasteiger charge is 2.23. The van der Waals surface area contributed by atoms with Crippen LogP contribution in [-0.2, 0) is 23.1 Å². The highest BCUT2D eigenvalue weighted by molar-refractivity contribution is 5.81. The molecule has 1 atom stereocenters. The second kappa shape index (κ2) is 5.01. The minimum absolute atomic E-state index is 0.0374. The predicted octanol–water partition coefficient (Wildman–Crippen LogP) is 1.37. The van der Waals surface area contributed by atoms with Gasteiger partial charge in [0, 0.05) is 13.7 Å². The zero-order valence-electron chi connectivity index (χ0n) is 10.9. The first-order chi connectivity index (χ1) is 9.25. The van der Waals surface area contributed by atoms with Crippen molar-refractivity contribution in [2.45, 2.75) is 25.5 Å². The van der Waals surface area contributed by atoms with Gasteiger partial charge in [-0.1, -0.05) is 12.1 Å². The van der Waals surface area contributed by atoms with E-state index >= 15 is 0 Å². The zero-order chi connectivity index (χ0) is 13.2. The van der Waals surface area contributed by atoms with E-state index < -0.39 is 0 Å². The monoisotopic (exact) mass is 259 g/mol. The molecule has 1 unspecified atom stereocenters. The molecule has 19 heavy (non-hydrogen) atoms. The van der Waals surface area contributed by atoms with Crippen LogP contribution in [0.25, 0.3) is 11.0 Å². The number of carbonyl (C=O) groups excluding carboxylic acids is 1. The maximum atomic E-state index is 11.9. The Morgan fingerprint density at radius 3 is 3.11 bits per heavy atom. The second-order valence-electron chi connectivity index (χ2n) is 4.80. The van der Waals surface area contributed by atoms with E-state index in [-0.39, 0.29) is 12.0 Å². The summed E-state index contributed by atoms with van der Waals surface area (Å²) in [5, 5.41) is 2.90. The molecule has 1 aliphatic rings. The van der Waals surface area contributed by atoms with E-state index in [9.17, 15) is 4.79 Å². The van der Waals surface area contributed by atoms with Crippen LogP contribution in [0.2, 0.25) is 0 Å². The standard InChI is InChI=1S/C14H17N3O2/c1-17-11-6-3-2-5-10(11)16-13(17)9-15-14(18)12-7-4-8-19-12/h2-3,5-6,12H,4,7-9H2,1H3,(H,15,18).